The summed E-state index contributed by atoms with van der Waals surface area (Å²) >= 11 is 12.8. The number of hydrogen-bond donors (Lipinski definition) is 1. The van der Waals surface area contributed by atoms with Crippen LogP contribution in [0.2, 0.25) is 10.0 Å². The van der Waals surface area contributed by atoms with Gasteiger partial charge < -0.3 is 19.1 Å². The molecule has 0 amide bonds. The molecule has 0 radical (unpaired) electrons. The van der Waals surface area contributed by atoms with Crippen LogP contribution in [0.1, 0.15) is 31.7 Å². The molecule has 1 N–H and O–H groups in total. The fraction of sp³-hybridized carbons (Fsp3) is 0.280. The third kappa shape index (κ3) is 4.94. The SMILES string of the molecule is CC1(Oc2ncnc3c2nc(-c2cccc(OCCC(=O)O)c2Cl)n3Cc2cc(Cl)ccc2F)CC1. The average molecular weight is 531 g/mol. The Labute approximate surface area is 215 Å². The minimum atomic E-state index is -0.983. The molecule has 0 bridgehead atoms. The standard InChI is InChI=1S/C25H21Cl2FN4O4/c1-25(8-9-25)36-24-21-23(29-13-30-24)32(12-14-11-15(26)5-6-17(14)28)22(31-21)16-3-2-4-18(20(16)27)35-10-7-19(33)34/h2-6,11,13H,7-10,12H2,1H3,(H,33,34). The van der Waals surface area contributed by atoms with E-state index in [1.165, 1.54) is 18.5 Å². The summed E-state index contributed by atoms with van der Waals surface area (Å²) in [6, 6.07) is 9.43. The van der Waals surface area contributed by atoms with E-state index in [9.17, 15) is 9.18 Å². The molecule has 0 unspecified atom stereocenters. The largest absolute Gasteiger partial charge is 0.491 e. The molecule has 8 nitrogen and oxygen atoms in total. The average Bonchev–Trinajstić information content (AvgIpc) is 3.45. The zero-order valence-electron chi connectivity index (χ0n) is 19.2. The fourth-order valence-electron chi connectivity index (χ4n) is 3.74. The van der Waals surface area contributed by atoms with E-state index in [1.54, 1.807) is 28.8 Å². The summed E-state index contributed by atoms with van der Waals surface area (Å²) in [5.74, 6) is -0.389. The van der Waals surface area contributed by atoms with Gasteiger partial charge in [-0.15, -0.1) is 0 Å². The number of carboxylic acid groups (broad SMARTS) is 1. The lowest BCUT2D eigenvalue weighted by atomic mass is 10.1. The topological polar surface area (TPSA) is 99.4 Å². The summed E-state index contributed by atoms with van der Waals surface area (Å²) in [6.07, 6.45) is 3.01. The van der Waals surface area contributed by atoms with Gasteiger partial charge in [0.05, 0.1) is 24.6 Å². The number of carboxylic acids is 1. The number of ether oxygens (including phenoxy) is 2. The van der Waals surface area contributed by atoms with Gasteiger partial charge in [-0.3, -0.25) is 4.79 Å². The predicted molar refractivity (Wildman–Crippen MR) is 132 cm³/mol. The normalized spacial score (nSPS) is 14.1. The molecule has 0 aliphatic heterocycles. The van der Waals surface area contributed by atoms with Crippen molar-refractivity contribution in [1.82, 2.24) is 19.5 Å². The minimum Gasteiger partial charge on any atom is -0.491 e. The van der Waals surface area contributed by atoms with Crippen LogP contribution in [0.3, 0.4) is 0 Å². The highest BCUT2D eigenvalue weighted by Gasteiger charge is 2.41. The number of hydrogen-bond acceptors (Lipinski definition) is 6. The van der Waals surface area contributed by atoms with Crippen molar-refractivity contribution in [3.8, 4) is 23.0 Å². The van der Waals surface area contributed by atoms with Crippen molar-refractivity contribution in [2.45, 2.75) is 38.3 Å². The Hall–Kier alpha value is -3.43. The number of aromatic nitrogens is 4. The fourth-order valence-corrected chi connectivity index (χ4v) is 4.20. The van der Waals surface area contributed by atoms with Crippen LogP contribution >= 0.6 is 23.2 Å². The Bertz CT molecular complexity index is 1470. The first kappa shape index (κ1) is 24.3. The van der Waals surface area contributed by atoms with Gasteiger partial charge in [-0.1, -0.05) is 29.3 Å². The molecule has 1 fully saturated rings. The minimum absolute atomic E-state index is 0.0509. The number of carbonyl (C=O) groups is 1. The Balaban J connectivity index is 1.64. The maximum atomic E-state index is 14.7. The van der Waals surface area contributed by atoms with E-state index in [1.807, 2.05) is 6.92 Å². The highest BCUT2D eigenvalue weighted by molar-refractivity contribution is 6.34. The summed E-state index contributed by atoms with van der Waals surface area (Å²) in [5, 5.41) is 9.54. The first-order valence-electron chi connectivity index (χ1n) is 11.2. The lowest BCUT2D eigenvalue weighted by molar-refractivity contribution is -0.137. The molecule has 1 saturated carbocycles. The molecule has 5 rings (SSSR count). The number of halogens is 3. The molecule has 0 saturated heterocycles. The number of rotatable bonds is 9. The van der Waals surface area contributed by atoms with E-state index in [4.69, 9.17) is 42.8 Å². The smallest absolute Gasteiger partial charge is 0.306 e. The second-order valence-corrected chi connectivity index (χ2v) is 9.58. The zero-order chi connectivity index (χ0) is 25.4. The Kier molecular flexibility index (Phi) is 6.44. The van der Waals surface area contributed by atoms with Crippen molar-refractivity contribution in [3.63, 3.8) is 0 Å². The summed E-state index contributed by atoms with van der Waals surface area (Å²) < 4.78 is 28.1. The Morgan fingerprint density at radius 1 is 1.22 bits per heavy atom. The molecule has 11 heteroatoms. The van der Waals surface area contributed by atoms with Crippen molar-refractivity contribution in [2.75, 3.05) is 6.61 Å². The highest BCUT2D eigenvalue weighted by atomic mass is 35.5. The van der Waals surface area contributed by atoms with Gasteiger partial charge in [0.1, 0.15) is 29.3 Å². The van der Waals surface area contributed by atoms with E-state index in [0.717, 1.165) is 12.8 Å². The van der Waals surface area contributed by atoms with Gasteiger partial charge in [0.25, 0.3) is 0 Å². The van der Waals surface area contributed by atoms with Crippen LogP contribution in [-0.2, 0) is 11.3 Å². The first-order chi connectivity index (χ1) is 17.2. The van der Waals surface area contributed by atoms with Crippen molar-refractivity contribution in [1.29, 1.82) is 0 Å². The van der Waals surface area contributed by atoms with Gasteiger partial charge in [-0.2, -0.15) is 4.98 Å². The lowest BCUT2D eigenvalue weighted by Gasteiger charge is -2.13. The van der Waals surface area contributed by atoms with Gasteiger partial charge >= 0.3 is 5.97 Å². The van der Waals surface area contributed by atoms with Gasteiger partial charge in [0.2, 0.25) is 5.88 Å². The quantitative estimate of drug-likeness (QED) is 0.293. The van der Waals surface area contributed by atoms with Crippen LogP contribution in [0.4, 0.5) is 4.39 Å². The molecule has 0 spiro atoms. The monoisotopic (exact) mass is 530 g/mol. The third-order valence-electron chi connectivity index (χ3n) is 5.91. The van der Waals surface area contributed by atoms with E-state index in [2.05, 4.69) is 9.97 Å². The maximum Gasteiger partial charge on any atom is 0.306 e. The summed E-state index contributed by atoms with van der Waals surface area (Å²) in [4.78, 5) is 24.4. The molecular weight excluding hydrogens is 510 g/mol. The number of benzene rings is 2. The lowest BCUT2D eigenvalue weighted by Crippen LogP contribution is -2.13. The molecule has 1 aliphatic rings. The predicted octanol–water partition coefficient (Wildman–Crippen LogP) is 5.77. The molecule has 0 atom stereocenters. The summed E-state index contributed by atoms with van der Waals surface area (Å²) in [7, 11) is 0. The molecule has 4 aromatic rings. The molecular formula is C25H21Cl2FN4O4. The molecule has 2 heterocycles. The maximum absolute atomic E-state index is 14.7. The van der Waals surface area contributed by atoms with Gasteiger partial charge in [-0.05, 0) is 50.1 Å². The highest BCUT2D eigenvalue weighted by Crippen LogP contribution is 2.42. The van der Waals surface area contributed by atoms with Crippen LogP contribution in [0, 0.1) is 5.82 Å². The van der Waals surface area contributed by atoms with E-state index < -0.39 is 11.8 Å². The molecule has 36 heavy (non-hydrogen) atoms. The second kappa shape index (κ2) is 9.55. The number of fused-ring (bicyclic) bond motifs is 1. The Morgan fingerprint density at radius 2 is 2.03 bits per heavy atom. The second-order valence-electron chi connectivity index (χ2n) is 8.77. The van der Waals surface area contributed by atoms with Crippen molar-refractivity contribution in [2.24, 2.45) is 0 Å². The van der Waals surface area contributed by atoms with Crippen LogP contribution in [0.15, 0.2) is 42.7 Å². The zero-order valence-corrected chi connectivity index (χ0v) is 20.7. The molecule has 2 aromatic carbocycles. The van der Waals surface area contributed by atoms with E-state index >= 15 is 0 Å². The molecule has 2 aromatic heterocycles. The number of aliphatic carboxylic acids is 1. The summed E-state index contributed by atoms with van der Waals surface area (Å²) in [5.41, 5.74) is 1.37. The van der Waals surface area contributed by atoms with Crippen molar-refractivity contribution in [3.05, 3.63) is 64.2 Å². The van der Waals surface area contributed by atoms with Crippen LogP contribution in [0.5, 0.6) is 11.6 Å². The first-order valence-corrected chi connectivity index (χ1v) is 12.0. The summed E-state index contributed by atoms with van der Waals surface area (Å²) in [6.45, 7) is 2.01. The Morgan fingerprint density at radius 3 is 2.78 bits per heavy atom. The van der Waals surface area contributed by atoms with Gasteiger partial charge in [0, 0.05) is 16.1 Å². The number of nitrogens with zero attached hydrogens (tertiary/aromatic N) is 4. The van der Waals surface area contributed by atoms with E-state index in [-0.39, 0.29) is 30.2 Å². The van der Waals surface area contributed by atoms with Gasteiger partial charge in [-0.25, -0.2) is 14.4 Å². The van der Waals surface area contributed by atoms with Crippen LogP contribution in [-0.4, -0.2) is 42.8 Å². The van der Waals surface area contributed by atoms with Crippen LogP contribution < -0.4 is 9.47 Å². The van der Waals surface area contributed by atoms with Gasteiger partial charge in [0.15, 0.2) is 11.2 Å². The van der Waals surface area contributed by atoms with Crippen molar-refractivity contribution >= 4 is 40.3 Å². The van der Waals surface area contributed by atoms with E-state index in [0.29, 0.717) is 44.8 Å². The third-order valence-corrected chi connectivity index (χ3v) is 6.53. The van der Waals surface area contributed by atoms with Crippen LogP contribution in [0.25, 0.3) is 22.6 Å². The van der Waals surface area contributed by atoms with Crippen molar-refractivity contribution < 1.29 is 23.8 Å². The molecule has 186 valence electrons. The molecule has 1 aliphatic carbocycles. The number of imidazole rings is 1.